The fraction of sp³-hybridized carbons (Fsp3) is 0.300. The Kier molecular flexibility index (Phi) is 8.84. The van der Waals surface area contributed by atoms with Crippen LogP contribution in [-0.4, -0.2) is 54.2 Å². The third kappa shape index (κ3) is 6.94. The van der Waals surface area contributed by atoms with Crippen LogP contribution in [0.3, 0.4) is 0 Å². The maximum Gasteiger partial charge on any atom is 0.243 e. The molecule has 8 nitrogen and oxygen atoms in total. The molecule has 0 saturated carbocycles. The fourth-order valence-electron chi connectivity index (χ4n) is 2.64. The molecular formula is C20H24FN3O5S2. The quantitative estimate of drug-likeness (QED) is 0.461. The number of carbonyl (C=O) groups excluding carboxylic acids is 2. The summed E-state index contributed by atoms with van der Waals surface area (Å²) in [4.78, 5) is 24.0. The molecule has 0 heterocycles. The Labute approximate surface area is 184 Å². The number of phenols is 1. The molecule has 0 aliphatic rings. The lowest BCUT2D eigenvalue weighted by atomic mass is 10.3. The van der Waals surface area contributed by atoms with E-state index in [9.17, 15) is 27.5 Å². The lowest BCUT2D eigenvalue weighted by Gasteiger charge is -2.19. The van der Waals surface area contributed by atoms with Crippen LogP contribution in [0, 0.1) is 5.82 Å². The number of aromatic hydroxyl groups is 1. The van der Waals surface area contributed by atoms with E-state index in [-0.39, 0.29) is 46.8 Å². The van der Waals surface area contributed by atoms with Gasteiger partial charge in [-0.2, -0.15) is 4.31 Å². The van der Waals surface area contributed by atoms with Gasteiger partial charge in [0.2, 0.25) is 21.8 Å². The number of nitrogens with zero attached hydrogens (tertiary/aromatic N) is 1. The minimum atomic E-state index is -3.75. The highest BCUT2D eigenvalue weighted by atomic mass is 32.2. The van der Waals surface area contributed by atoms with Crippen molar-refractivity contribution in [2.75, 3.05) is 35.2 Å². The number of halogens is 1. The van der Waals surface area contributed by atoms with Crippen LogP contribution in [0.4, 0.5) is 15.8 Å². The zero-order valence-corrected chi connectivity index (χ0v) is 18.7. The molecule has 2 amide bonds. The highest BCUT2D eigenvalue weighted by Gasteiger charge is 2.23. The van der Waals surface area contributed by atoms with Gasteiger partial charge in [0.15, 0.2) is 0 Å². The molecule has 2 aromatic carbocycles. The monoisotopic (exact) mass is 469 g/mol. The molecule has 2 aromatic rings. The van der Waals surface area contributed by atoms with Crippen LogP contribution in [0.2, 0.25) is 0 Å². The second-order valence-electron chi connectivity index (χ2n) is 6.36. The van der Waals surface area contributed by atoms with Crippen LogP contribution in [0.5, 0.6) is 5.75 Å². The molecule has 0 radical (unpaired) electrons. The van der Waals surface area contributed by atoms with Gasteiger partial charge in [-0.15, -0.1) is 11.8 Å². The average molecular weight is 470 g/mol. The summed E-state index contributed by atoms with van der Waals surface area (Å²) in [7, 11) is -3.75. The predicted molar refractivity (Wildman–Crippen MR) is 119 cm³/mol. The number of amides is 2. The van der Waals surface area contributed by atoms with E-state index < -0.39 is 21.7 Å². The van der Waals surface area contributed by atoms with Crippen molar-refractivity contribution in [2.24, 2.45) is 0 Å². The molecule has 31 heavy (non-hydrogen) atoms. The minimum Gasteiger partial charge on any atom is -0.506 e. The lowest BCUT2D eigenvalue weighted by molar-refractivity contribution is -0.114. The summed E-state index contributed by atoms with van der Waals surface area (Å²) in [6.45, 7) is 4.01. The van der Waals surface area contributed by atoms with E-state index in [0.29, 0.717) is 5.69 Å². The Hall–Kier alpha value is -2.63. The van der Waals surface area contributed by atoms with Crippen molar-refractivity contribution in [3.63, 3.8) is 0 Å². The number of carbonyl (C=O) groups is 2. The van der Waals surface area contributed by atoms with Gasteiger partial charge in [0.25, 0.3) is 0 Å². The second-order valence-corrected chi connectivity index (χ2v) is 9.29. The molecule has 168 valence electrons. The maximum atomic E-state index is 12.9. The molecule has 0 spiro atoms. The van der Waals surface area contributed by atoms with Gasteiger partial charge in [0.1, 0.15) is 11.6 Å². The van der Waals surface area contributed by atoms with Crippen LogP contribution < -0.4 is 10.6 Å². The van der Waals surface area contributed by atoms with Crippen molar-refractivity contribution in [1.29, 1.82) is 0 Å². The minimum absolute atomic E-state index is 0.0207. The Bertz CT molecular complexity index is 1030. The van der Waals surface area contributed by atoms with Gasteiger partial charge in [-0.05, 0) is 42.5 Å². The van der Waals surface area contributed by atoms with Crippen molar-refractivity contribution in [2.45, 2.75) is 18.7 Å². The van der Waals surface area contributed by atoms with E-state index in [4.69, 9.17) is 0 Å². The topological polar surface area (TPSA) is 116 Å². The van der Waals surface area contributed by atoms with Crippen molar-refractivity contribution in [1.82, 2.24) is 4.31 Å². The van der Waals surface area contributed by atoms with Gasteiger partial charge in [-0.3, -0.25) is 9.59 Å². The molecule has 0 aromatic heterocycles. The first-order valence-electron chi connectivity index (χ1n) is 9.43. The fourth-order valence-corrected chi connectivity index (χ4v) is 4.74. The van der Waals surface area contributed by atoms with E-state index >= 15 is 0 Å². The van der Waals surface area contributed by atoms with Crippen molar-refractivity contribution < 1.29 is 27.5 Å². The third-order valence-electron chi connectivity index (χ3n) is 4.18. The van der Waals surface area contributed by atoms with Crippen LogP contribution in [-0.2, 0) is 19.6 Å². The molecule has 0 atom stereocenters. The summed E-state index contributed by atoms with van der Waals surface area (Å²) < 4.78 is 39.4. The molecule has 0 aliphatic heterocycles. The summed E-state index contributed by atoms with van der Waals surface area (Å²) in [5.74, 6) is -1.67. The Morgan fingerprint density at radius 2 is 1.58 bits per heavy atom. The highest BCUT2D eigenvalue weighted by Crippen LogP contribution is 2.28. The molecule has 0 unspecified atom stereocenters. The van der Waals surface area contributed by atoms with Crippen LogP contribution >= 0.6 is 11.8 Å². The first kappa shape index (κ1) is 24.6. The molecule has 0 aliphatic carbocycles. The zero-order chi connectivity index (χ0) is 23.0. The normalized spacial score (nSPS) is 11.4. The second kappa shape index (κ2) is 11.1. The molecular weight excluding hydrogens is 445 g/mol. The van der Waals surface area contributed by atoms with Gasteiger partial charge in [0.05, 0.1) is 22.1 Å². The number of nitrogens with one attached hydrogen (secondary N) is 2. The first-order valence-corrected chi connectivity index (χ1v) is 12.0. The van der Waals surface area contributed by atoms with Gasteiger partial charge in [0, 0.05) is 18.8 Å². The highest BCUT2D eigenvalue weighted by molar-refractivity contribution is 8.00. The average Bonchev–Trinajstić information content (AvgIpc) is 2.72. The van der Waals surface area contributed by atoms with Crippen molar-refractivity contribution >= 4 is 45.0 Å². The maximum absolute atomic E-state index is 12.9. The van der Waals surface area contributed by atoms with Gasteiger partial charge in [-0.1, -0.05) is 13.8 Å². The molecule has 0 saturated heterocycles. The summed E-state index contributed by atoms with van der Waals surface area (Å²) in [5, 5.41) is 15.0. The summed E-state index contributed by atoms with van der Waals surface area (Å²) in [5.41, 5.74) is 0.405. The molecule has 0 bridgehead atoms. The van der Waals surface area contributed by atoms with Crippen molar-refractivity contribution in [3.05, 3.63) is 48.3 Å². The van der Waals surface area contributed by atoms with E-state index in [0.717, 1.165) is 11.8 Å². The molecule has 0 fully saturated rings. The number of thioether (sulfide) groups is 1. The van der Waals surface area contributed by atoms with Gasteiger partial charge in [-0.25, -0.2) is 12.8 Å². The number of hydrogen-bond acceptors (Lipinski definition) is 6. The van der Waals surface area contributed by atoms with Gasteiger partial charge >= 0.3 is 0 Å². The number of sulfonamides is 1. The Morgan fingerprint density at radius 1 is 1.00 bits per heavy atom. The zero-order valence-electron chi connectivity index (χ0n) is 17.1. The number of phenolic OH excluding ortho intramolecular Hbond substituents is 1. The molecule has 2 rings (SSSR count). The SMILES string of the molecule is CCN(CC)S(=O)(=O)c1ccc(O)c(NC(=O)CSCC(=O)Nc2ccc(F)cc2)c1. The first-order chi connectivity index (χ1) is 14.7. The number of benzene rings is 2. The predicted octanol–water partition coefficient (Wildman–Crippen LogP) is 2.87. The van der Waals surface area contributed by atoms with Crippen molar-refractivity contribution in [3.8, 4) is 5.75 Å². The number of rotatable bonds is 10. The van der Waals surface area contributed by atoms with Crippen LogP contribution in [0.15, 0.2) is 47.4 Å². The van der Waals surface area contributed by atoms with Crippen LogP contribution in [0.25, 0.3) is 0 Å². The largest absolute Gasteiger partial charge is 0.506 e. The van der Waals surface area contributed by atoms with E-state index in [2.05, 4.69) is 10.6 Å². The summed E-state index contributed by atoms with van der Waals surface area (Å²) in [6, 6.07) is 8.96. The lowest BCUT2D eigenvalue weighted by Crippen LogP contribution is -2.30. The summed E-state index contributed by atoms with van der Waals surface area (Å²) >= 11 is 1.03. The van der Waals surface area contributed by atoms with E-state index in [1.54, 1.807) is 13.8 Å². The number of anilines is 2. The molecule has 3 N–H and O–H groups in total. The van der Waals surface area contributed by atoms with E-state index in [1.165, 1.54) is 46.8 Å². The van der Waals surface area contributed by atoms with E-state index in [1.807, 2.05) is 0 Å². The third-order valence-corrected chi connectivity index (χ3v) is 7.16. The Morgan fingerprint density at radius 3 is 2.16 bits per heavy atom. The molecule has 11 heteroatoms. The summed E-state index contributed by atoms with van der Waals surface area (Å²) in [6.07, 6.45) is 0. The Balaban J connectivity index is 1.93. The van der Waals surface area contributed by atoms with Crippen LogP contribution in [0.1, 0.15) is 13.8 Å². The standard InChI is InChI=1S/C20H24FN3O5S2/c1-3-24(4-2)31(28,29)16-9-10-18(25)17(11-16)23-20(27)13-30-12-19(26)22-15-7-5-14(21)6-8-15/h5-11,25H,3-4,12-13H2,1-2H3,(H,22,26)(H,23,27). The smallest absolute Gasteiger partial charge is 0.243 e. The number of hydrogen-bond donors (Lipinski definition) is 3. The van der Waals surface area contributed by atoms with Gasteiger partial charge < -0.3 is 15.7 Å².